The summed E-state index contributed by atoms with van der Waals surface area (Å²) < 4.78 is 0. The quantitative estimate of drug-likeness (QED) is 0.296. The average Bonchev–Trinajstić information content (AvgIpc) is 2.27. The van der Waals surface area contributed by atoms with Crippen molar-refractivity contribution in [2.75, 3.05) is 0 Å². The summed E-state index contributed by atoms with van der Waals surface area (Å²) in [6.07, 6.45) is 0.967. The predicted octanol–water partition coefficient (Wildman–Crippen LogP) is 0.371. The van der Waals surface area contributed by atoms with Crippen LogP contribution in [-0.2, 0) is 17.6 Å². The van der Waals surface area contributed by atoms with E-state index in [9.17, 15) is 4.79 Å². The molecule has 0 atom stereocenters. The van der Waals surface area contributed by atoms with E-state index in [1.807, 2.05) is 6.92 Å². The maximum atomic E-state index is 10.8. The molecule has 5 heteroatoms. The fourth-order valence-electron chi connectivity index (χ4n) is 1.53. The largest absolute Gasteiger partial charge is 0.409 e. The minimum atomic E-state index is -0.369. The Labute approximate surface area is 93.7 Å². The Bertz CT molecular complexity index is 427. The SMILES string of the molecule is CCc1cc(C(N)=NO)ccc1CC(N)=O. The first-order valence-corrected chi connectivity index (χ1v) is 4.96. The maximum Gasteiger partial charge on any atom is 0.221 e. The van der Waals surface area contributed by atoms with Gasteiger partial charge in [0, 0.05) is 5.56 Å². The van der Waals surface area contributed by atoms with Gasteiger partial charge >= 0.3 is 0 Å². The van der Waals surface area contributed by atoms with Crippen molar-refractivity contribution in [2.45, 2.75) is 19.8 Å². The summed E-state index contributed by atoms with van der Waals surface area (Å²) in [5.41, 5.74) is 13.1. The number of amides is 1. The number of oxime groups is 1. The Morgan fingerprint density at radius 2 is 2.06 bits per heavy atom. The molecule has 0 fully saturated rings. The summed E-state index contributed by atoms with van der Waals surface area (Å²) in [7, 11) is 0. The summed E-state index contributed by atoms with van der Waals surface area (Å²) >= 11 is 0. The molecular weight excluding hydrogens is 206 g/mol. The highest BCUT2D eigenvalue weighted by atomic mass is 16.4. The zero-order valence-corrected chi connectivity index (χ0v) is 9.10. The van der Waals surface area contributed by atoms with Crippen LogP contribution in [0.2, 0.25) is 0 Å². The lowest BCUT2D eigenvalue weighted by Crippen LogP contribution is -2.17. The molecule has 0 aliphatic rings. The van der Waals surface area contributed by atoms with Gasteiger partial charge in [-0.05, 0) is 23.6 Å². The van der Waals surface area contributed by atoms with Crippen LogP contribution < -0.4 is 11.5 Å². The van der Waals surface area contributed by atoms with Gasteiger partial charge in [-0.25, -0.2) is 0 Å². The Kier molecular flexibility index (Phi) is 3.88. The molecule has 1 rings (SSSR count). The van der Waals surface area contributed by atoms with Gasteiger partial charge in [0.2, 0.25) is 5.91 Å². The van der Waals surface area contributed by atoms with Crippen molar-refractivity contribution in [1.29, 1.82) is 0 Å². The number of aryl methyl sites for hydroxylation is 1. The third-order valence-corrected chi connectivity index (χ3v) is 2.36. The van der Waals surface area contributed by atoms with Crippen LogP contribution in [0, 0.1) is 0 Å². The van der Waals surface area contributed by atoms with E-state index >= 15 is 0 Å². The highest BCUT2D eigenvalue weighted by Crippen LogP contribution is 2.13. The van der Waals surface area contributed by atoms with Crippen molar-refractivity contribution in [3.63, 3.8) is 0 Å². The van der Waals surface area contributed by atoms with Crippen LogP contribution in [0.3, 0.4) is 0 Å². The predicted molar refractivity (Wildman–Crippen MR) is 61.2 cm³/mol. The van der Waals surface area contributed by atoms with E-state index in [4.69, 9.17) is 16.7 Å². The third-order valence-electron chi connectivity index (χ3n) is 2.36. The molecule has 86 valence electrons. The summed E-state index contributed by atoms with van der Waals surface area (Å²) in [4.78, 5) is 10.8. The smallest absolute Gasteiger partial charge is 0.221 e. The van der Waals surface area contributed by atoms with E-state index in [-0.39, 0.29) is 18.2 Å². The lowest BCUT2D eigenvalue weighted by atomic mass is 9.99. The second kappa shape index (κ2) is 5.16. The molecule has 1 aromatic rings. The molecule has 1 amide bonds. The van der Waals surface area contributed by atoms with E-state index in [0.717, 1.165) is 17.5 Å². The van der Waals surface area contributed by atoms with Crippen LogP contribution in [0.1, 0.15) is 23.6 Å². The lowest BCUT2D eigenvalue weighted by molar-refractivity contribution is -0.117. The standard InChI is InChI=1S/C11H15N3O2/c1-2-7-5-9(11(13)14-16)4-3-8(7)6-10(12)15/h3-5,16H,2,6H2,1H3,(H2,12,15)(H2,13,14). The molecule has 16 heavy (non-hydrogen) atoms. The molecule has 0 radical (unpaired) electrons. The van der Waals surface area contributed by atoms with Gasteiger partial charge in [0.1, 0.15) is 0 Å². The Hall–Kier alpha value is -2.04. The van der Waals surface area contributed by atoms with Gasteiger partial charge < -0.3 is 16.7 Å². The highest BCUT2D eigenvalue weighted by molar-refractivity contribution is 5.97. The molecule has 0 heterocycles. The molecule has 0 saturated carbocycles. The topological polar surface area (TPSA) is 102 Å². The van der Waals surface area contributed by atoms with E-state index < -0.39 is 0 Å². The molecular formula is C11H15N3O2. The first-order chi connectivity index (χ1) is 7.58. The molecule has 5 nitrogen and oxygen atoms in total. The summed E-state index contributed by atoms with van der Waals surface area (Å²) in [6, 6.07) is 5.27. The fourth-order valence-corrected chi connectivity index (χ4v) is 1.53. The van der Waals surface area contributed by atoms with Gasteiger partial charge in [0.25, 0.3) is 0 Å². The Morgan fingerprint density at radius 1 is 1.38 bits per heavy atom. The van der Waals surface area contributed by atoms with Gasteiger partial charge in [-0.2, -0.15) is 0 Å². The number of rotatable bonds is 4. The average molecular weight is 221 g/mol. The molecule has 1 aromatic carbocycles. The molecule has 0 spiro atoms. The first-order valence-electron chi connectivity index (χ1n) is 4.96. The number of carbonyl (C=O) groups excluding carboxylic acids is 1. The van der Waals surface area contributed by atoms with Crippen molar-refractivity contribution in [3.8, 4) is 0 Å². The lowest BCUT2D eigenvalue weighted by Gasteiger charge is -2.08. The van der Waals surface area contributed by atoms with Crippen LogP contribution in [0.15, 0.2) is 23.4 Å². The van der Waals surface area contributed by atoms with Crippen LogP contribution in [-0.4, -0.2) is 17.0 Å². The number of amidine groups is 1. The molecule has 0 bridgehead atoms. The van der Waals surface area contributed by atoms with E-state index in [1.54, 1.807) is 18.2 Å². The van der Waals surface area contributed by atoms with Crippen molar-refractivity contribution < 1.29 is 10.0 Å². The minimum absolute atomic E-state index is 0.0559. The van der Waals surface area contributed by atoms with Crippen LogP contribution in [0.5, 0.6) is 0 Å². The van der Waals surface area contributed by atoms with Gasteiger partial charge in [0.05, 0.1) is 6.42 Å². The summed E-state index contributed by atoms with van der Waals surface area (Å²) in [5.74, 6) is -0.313. The van der Waals surface area contributed by atoms with Gasteiger partial charge in [-0.15, -0.1) is 0 Å². The van der Waals surface area contributed by atoms with E-state index in [2.05, 4.69) is 5.16 Å². The maximum absolute atomic E-state index is 10.8. The monoisotopic (exact) mass is 221 g/mol. The Morgan fingerprint density at radius 3 is 2.56 bits per heavy atom. The number of benzene rings is 1. The third kappa shape index (κ3) is 2.73. The number of hydrogen-bond acceptors (Lipinski definition) is 3. The zero-order valence-electron chi connectivity index (χ0n) is 9.10. The normalized spacial score (nSPS) is 11.4. The highest BCUT2D eigenvalue weighted by Gasteiger charge is 2.07. The number of primary amides is 1. The second-order valence-corrected chi connectivity index (χ2v) is 3.47. The van der Waals surface area contributed by atoms with Crippen LogP contribution in [0.25, 0.3) is 0 Å². The Balaban J connectivity index is 3.11. The molecule has 5 N–H and O–H groups in total. The fraction of sp³-hybridized carbons (Fsp3) is 0.273. The number of nitrogens with zero attached hydrogens (tertiary/aromatic N) is 1. The molecule has 0 aromatic heterocycles. The molecule has 0 aliphatic heterocycles. The van der Waals surface area contributed by atoms with Crippen LogP contribution >= 0.6 is 0 Å². The van der Waals surface area contributed by atoms with Crippen molar-refractivity contribution >= 4 is 11.7 Å². The zero-order chi connectivity index (χ0) is 12.1. The van der Waals surface area contributed by atoms with Crippen LogP contribution in [0.4, 0.5) is 0 Å². The number of carbonyl (C=O) groups is 1. The summed E-state index contributed by atoms with van der Waals surface area (Å²) in [5, 5.41) is 11.5. The van der Waals surface area contributed by atoms with Gasteiger partial charge in [0.15, 0.2) is 5.84 Å². The number of hydrogen-bond donors (Lipinski definition) is 3. The van der Waals surface area contributed by atoms with E-state index in [0.29, 0.717) is 5.56 Å². The van der Waals surface area contributed by atoms with Crippen molar-refractivity contribution in [3.05, 3.63) is 34.9 Å². The number of nitrogens with two attached hydrogens (primary N) is 2. The summed E-state index contributed by atoms with van der Waals surface area (Å²) in [6.45, 7) is 1.97. The molecule has 0 aliphatic carbocycles. The van der Waals surface area contributed by atoms with Gasteiger partial charge in [-0.3, -0.25) is 4.79 Å². The van der Waals surface area contributed by atoms with Crippen molar-refractivity contribution in [2.24, 2.45) is 16.6 Å². The van der Waals surface area contributed by atoms with E-state index in [1.165, 1.54) is 0 Å². The molecule has 0 unspecified atom stereocenters. The minimum Gasteiger partial charge on any atom is -0.409 e. The first kappa shape index (κ1) is 12.0. The second-order valence-electron chi connectivity index (χ2n) is 3.47. The van der Waals surface area contributed by atoms with Gasteiger partial charge in [-0.1, -0.05) is 24.2 Å². The van der Waals surface area contributed by atoms with Crippen molar-refractivity contribution in [1.82, 2.24) is 0 Å². The molecule has 0 saturated heterocycles.